The van der Waals surface area contributed by atoms with Crippen molar-refractivity contribution in [2.45, 2.75) is 65.1 Å². The standard InChI is InChI=1S/C15H33N3/c1-13(2)17(5)10-7-6-9-16-15-8-11-18(12-15)14(3)4/h13-16H,6-12H2,1-5H3. The fourth-order valence-electron chi connectivity index (χ4n) is 2.47. The third-order valence-corrected chi connectivity index (χ3v) is 4.20. The van der Waals surface area contributed by atoms with Crippen LogP contribution in [-0.4, -0.2) is 61.2 Å². The number of hydrogen-bond acceptors (Lipinski definition) is 3. The molecule has 0 aromatic carbocycles. The van der Waals surface area contributed by atoms with E-state index in [0.717, 1.165) is 6.04 Å². The highest BCUT2D eigenvalue weighted by molar-refractivity contribution is 4.82. The van der Waals surface area contributed by atoms with Crippen LogP contribution in [0.15, 0.2) is 0 Å². The van der Waals surface area contributed by atoms with Gasteiger partial charge in [0.05, 0.1) is 0 Å². The van der Waals surface area contributed by atoms with Gasteiger partial charge in [-0.05, 0) is 73.6 Å². The van der Waals surface area contributed by atoms with Crippen LogP contribution in [0.5, 0.6) is 0 Å². The minimum absolute atomic E-state index is 0.674. The lowest BCUT2D eigenvalue weighted by molar-refractivity contribution is 0.262. The van der Waals surface area contributed by atoms with Crippen molar-refractivity contribution in [3.63, 3.8) is 0 Å². The molecular weight excluding hydrogens is 222 g/mol. The molecule has 1 aliphatic heterocycles. The Bertz CT molecular complexity index is 216. The van der Waals surface area contributed by atoms with Crippen LogP contribution in [0.25, 0.3) is 0 Å². The lowest BCUT2D eigenvalue weighted by atomic mass is 10.2. The van der Waals surface area contributed by atoms with Crippen molar-refractivity contribution in [3.8, 4) is 0 Å². The van der Waals surface area contributed by atoms with Gasteiger partial charge in [-0.3, -0.25) is 4.90 Å². The highest BCUT2D eigenvalue weighted by Crippen LogP contribution is 2.12. The zero-order valence-corrected chi connectivity index (χ0v) is 13.1. The lowest BCUT2D eigenvalue weighted by Crippen LogP contribution is -2.35. The van der Waals surface area contributed by atoms with E-state index in [9.17, 15) is 0 Å². The second-order valence-corrected chi connectivity index (χ2v) is 6.31. The fourth-order valence-corrected chi connectivity index (χ4v) is 2.47. The van der Waals surface area contributed by atoms with E-state index in [-0.39, 0.29) is 0 Å². The maximum atomic E-state index is 3.71. The fraction of sp³-hybridized carbons (Fsp3) is 1.00. The van der Waals surface area contributed by atoms with Crippen molar-refractivity contribution in [2.75, 3.05) is 33.2 Å². The minimum Gasteiger partial charge on any atom is -0.313 e. The molecule has 3 nitrogen and oxygen atoms in total. The highest BCUT2D eigenvalue weighted by atomic mass is 15.2. The monoisotopic (exact) mass is 255 g/mol. The molecule has 0 radical (unpaired) electrons. The maximum Gasteiger partial charge on any atom is 0.0207 e. The molecule has 0 spiro atoms. The summed E-state index contributed by atoms with van der Waals surface area (Å²) >= 11 is 0. The first-order chi connectivity index (χ1) is 8.50. The first-order valence-electron chi connectivity index (χ1n) is 7.68. The lowest BCUT2D eigenvalue weighted by Gasteiger charge is -2.21. The van der Waals surface area contributed by atoms with Gasteiger partial charge in [0.1, 0.15) is 0 Å². The summed E-state index contributed by atoms with van der Waals surface area (Å²) in [6.45, 7) is 14.0. The van der Waals surface area contributed by atoms with E-state index in [2.05, 4.69) is 49.9 Å². The molecule has 1 saturated heterocycles. The van der Waals surface area contributed by atoms with Crippen molar-refractivity contribution in [2.24, 2.45) is 0 Å². The molecule has 1 N–H and O–H groups in total. The van der Waals surface area contributed by atoms with Gasteiger partial charge in [-0.1, -0.05) is 0 Å². The van der Waals surface area contributed by atoms with E-state index in [1.165, 1.54) is 45.4 Å². The molecule has 1 unspecified atom stereocenters. The number of likely N-dealkylation sites (tertiary alicyclic amines) is 1. The van der Waals surface area contributed by atoms with Gasteiger partial charge in [0, 0.05) is 24.7 Å². The Morgan fingerprint density at radius 3 is 2.50 bits per heavy atom. The maximum absolute atomic E-state index is 3.71. The van der Waals surface area contributed by atoms with Crippen molar-refractivity contribution < 1.29 is 0 Å². The quantitative estimate of drug-likeness (QED) is 0.671. The van der Waals surface area contributed by atoms with Gasteiger partial charge in [-0.2, -0.15) is 0 Å². The zero-order chi connectivity index (χ0) is 13.5. The first-order valence-corrected chi connectivity index (χ1v) is 7.68. The first kappa shape index (κ1) is 15.9. The zero-order valence-electron chi connectivity index (χ0n) is 13.1. The van der Waals surface area contributed by atoms with Crippen LogP contribution in [0, 0.1) is 0 Å². The highest BCUT2D eigenvalue weighted by Gasteiger charge is 2.23. The predicted octanol–water partition coefficient (Wildman–Crippen LogP) is 2.18. The third kappa shape index (κ3) is 5.68. The Morgan fingerprint density at radius 2 is 1.94 bits per heavy atom. The molecule has 18 heavy (non-hydrogen) atoms. The number of hydrogen-bond donors (Lipinski definition) is 1. The molecule has 0 aliphatic carbocycles. The summed E-state index contributed by atoms with van der Waals surface area (Å²) in [5.74, 6) is 0. The normalized spacial score (nSPS) is 21.7. The number of nitrogens with one attached hydrogen (secondary N) is 1. The van der Waals surface area contributed by atoms with Crippen molar-refractivity contribution in [3.05, 3.63) is 0 Å². The summed E-state index contributed by atoms with van der Waals surface area (Å²) in [6, 6.07) is 2.11. The molecule has 0 bridgehead atoms. The molecule has 1 heterocycles. The molecule has 1 rings (SSSR count). The van der Waals surface area contributed by atoms with Gasteiger partial charge in [0.2, 0.25) is 0 Å². The van der Waals surface area contributed by atoms with E-state index in [1.807, 2.05) is 0 Å². The minimum atomic E-state index is 0.674. The average molecular weight is 255 g/mol. The molecule has 0 amide bonds. The van der Waals surface area contributed by atoms with E-state index in [0.29, 0.717) is 12.1 Å². The smallest absolute Gasteiger partial charge is 0.0207 e. The van der Waals surface area contributed by atoms with Gasteiger partial charge in [0.25, 0.3) is 0 Å². The van der Waals surface area contributed by atoms with Crippen LogP contribution < -0.4 is 5.32 Å². The summed E-state index contributed by atoms with van der Waals surface area (Å²) in [6.07, 6.45) is 3.93. The van der Waals surface area contributed by atoms with Gasteiger partial charge >= 0.3 is 0 Å². The van der Waals surface area contributed by atoms with Crippen LogP contribution in [0.4, 0.5) is 0 Å². The molecule has 0 aromatic rings. The Balaban J connectivity index is 1.99. The van der Waals surface area contributed by atoms with E-state index < -0.39 is 0 Å². The summed E-state index contributed by atoms with van der Waals surface area (Å²) in [5, 5.41) is 3.71. The summed E-state index contributed by atoms with van der Waals surface area (Å²) in [7, 11) is 2.22. The van der Waals surface area contributed by atoms with Crippen LogP contribution in [0.2, 0.25) is 0 Å². The van der Waals surface area contributed by atoms with Gasteiger partial charge in [-0.15, -0.1) is 0 Å². The summed E-state index contributed by atoms with van der Waals surface area (Å²) in [4.78, 5) is 5.00. The van der Waals surface area contributed by atoms with E-state index in [1.54, 1.807) is 0 Å². The Labute approximate surface area is 114 Å². The molecule has 1 fully saturated rings. The molecule has 108 valence electrons. The SMILES string of the molecule is CC(C)N(C)CCCCNC1CCN(C(C)C)C1. The second-order valence-electron chi connectivity index (χ2n) is 6.31. The second kappa shape index (κ2) is 8.13. The molecule has 1 aliphatic rings. The van der Waals surface area contributed by atoms with Crippen molar-refractivity contribution >= 4 is 0 Å². The molecule has 3 heteroatoms. The Kier molecular flexibility index (Phi) is 7.20. The number of rotatable bonds is 8. The van der Waals surface area contributed by atoms with Crippen LogP contribution in [-0.2, 0) is 0 Å². The molecule has 0 saturated carbocycles. The van der Waals surface area contributed by atoms with Gasteiger partial charge in [0.15, 0.2) is 0 Å². The van der Waals surface area contributed by atoms with E-state index >= 15 is 0 Å². The van der Waals surface area contributed by atoms with Gasteiger partial charge in [-0.25, -0.2) is 0 Å². The Morgan fingerprint density at radius 1 is 1.22 bits per heavy atom. The molecule has 1 atom stereocenters. The summed E-state index contributed by atoms with van der Waals surface area (Å²) < 4.78 is 0. The largest absolute Gasteiger partial charge is 0.313 e. The third-order valence-electron chi connectivity index (χ3n) is 4.20. The van der Waals surface area contributed by atoms with Crippen LogP contribution in [0.3, 0.4) is 0 Å². The van der Waals surface area contributed by atoms with Crippen LogP contribution >= 0.6 is 0 Å². The van der Waals surface area contributed by atoms with Crippen molar-refractivity contribution in [1.29, 1.82) is 0 Å². The number of unbranched alkanes of at least 4 members (excludes halogenated alkanes) is 1. The van der Waals surface area contributed by atoms with Crippen LogP contribution in [0.1, 0.15) is 47.0 Å². The number of nitrogens with zero attached hydrogens (tertiary/aromatic N) is 2. The Hall–Kier alpha value is -0.120. The molecular formula is C15H33N3. The molecule has 0 aromatic heterocycles. The van der Waals surface area contributed by atoms with E-state index in [4.69, 9.17) is 0 Å². The predicted molar refractivity (Wildman–Crippen MR) is 80.1 cm³/mol. The average Bonchev–Trinajstić information content (AvgIpc) is 2.77. The van der Waals surface area contributed by atoms with Crippen molar-refractivity contribution in [1.82, 2.24) is 15.1 Å². The summed E-state index contributed by atoms with van der Waals surface area (Å²) in [5.41, 5.74) is 0. The van der Waals surface area contributed by atoms with Gasteiger partial charge < -0.3 is 10.2 Å². The topological polar surface area (TPSA) is 18.5 Å².